The van der Waals surface area contributed by atoms with Gasteiger partial charge in [-0.1, -0.05) is 42.5 Å². The van der Waals surface area contributed by atoms with E-state index < -0.39 is 0 Å². The minimum atomic E-state index is -0.293. The Labute approximate surface area is 144 Å². The highest BCUT2D eigenvalue weighted by Gasteiger charge is 2.12. The Hall–Kier alpha value is -2.53. The van der Waals surface area contributed by atoms with E-state index in [1.165, 1.54) is 23.5 Å². The molecule has 1 amide bonds. The molecule has 0 aliphatic heterocycles. The number of hydrogen-bond acceptors (Lipinski definition) is 3. The lowest BCUT2D eigenvalue weighted by molar-refractivity contribution is -0.121. The van der Waals surface area contributed by atoms with E-state index in [0.29, 0.717) is 10.7 Å². The van der Waals surface area contributed by atoms with Crippen molar-refractivity contribution in [3.8, 4) is 10.6 Å². The van der Waals surface area contributed by atoms with Crippen LogP contribution in [0.25, 0.3) is 10.6 Å². The van der Waals surface area contributed by atoms with Crippen molar-refractivity contribution in [3.63, 3.8) is 0 Å². The van der Waals surface area contributed by atoms with Gasteiger partial charge in [0, 0.05) is 10.9 Å². The Bertz CT molecular complexity index is 832. The first kappa shape index (κ1) is 16.3. The number of rotatable bonds is 5. The fourth-order valence-corrected chi connectivity index (χ4v) is 3.24. The number of thiazole rings is 1. The molecule has 0 radical (unpaired) electrons. The molecule has 0 fully saturated rings. The van der Waals surface area contributed by atoms with E-state index in [4.69, 9.17) is 0 Å². The maximum Gasteiger partial charge on any atom is 0.226 e. The summed E-state index contributed by atoms with van der Waals surface area (Å²) in [6, 6.07) is 16.1. The molecule has 2 aromatic carbocycles. The highest BCUT2D eigenvalue weighted by atomic mass is 32.1. The van der Waals surface area contributed by atoms with Crippen molar-refractivity contribution < 1.29 is 9.18 Å². The molecule has 0 saturated heterocycles. The lowest BCUT2D eigenvalue weighted by atomic mass is 10.1. The number of nitrogens with one attached hydrogen (secondary N) is 1. The summed E-state index contributed by atoms with van der Waals surface area (Å²) < 4.78 is 13.3. The van der Waals surface area contributed by atoms with Gasteiger partial charge in [-0.2, -0.15) is 0 Å². The third-order valence-corrected chi connectivity index (χ3v) is 4.58. The fraction of sp³-hybridized carbons (Fsp3) is 0.158. The molecule has 3 rings (SSSR count). The zero-order chi connectivity index (χ0) is 16.9. The van der Waals surface area contributed by atoms with Crippen LogP contribution in [0.3, 0.4) is 0 Å². The van der Waals surface area contributed by atoms with Crippen LogP contribution in [-0.2, 0) is 11.2 Å². The summed E-state index contributed by atoms with van der Waals surface area (Å²) in [6.45, 7) is 1.95. The Balaban J connectivity index is 1.63. The van der Waals surface area contributed by atoms with Crippen LogP contribution in [0, 0.1) is 5.82 Å². The van der Waals surface area contributed by atoms with Crippen LogP contribution in [-0.4, -0.2) is 10.9 Å². The molecular weight excluding hydrogens is 323 g/mol. The van der Waals surface area contributed by atoms with Crippen molar-refractivity contribution in [2.45, 2.75) is 19.4 Å². The summed E-state index contributed by atoms with van der Waals surface area (Å²) >= 11 is 1.41. The number of benzene rings is 2. The molecular formula is C19H17FN2OS. The van der Waals surface area contributed by atoms with E-state index in [0.717, 1.165) is 11.1 Å². The molecule has 1 aromatic heterocycles. The topological polar surface area (TPSA) is 42.0 Å². The minimum Gasteiger partial charge on any atom is -0.349 e. The summed E-state index contributed by atoms with van der Waals surface area (Å²) in [5, 5.41) is 5.52. The van der Waals surface area contributed by atoms with Crippen LogP contribution in [0.4, 0.5) is 4.39 Å². The van der Waals surface area contributed by atoms with Crippen LogP contribution in [0.15, 0.2) is 60.0 Å². The van der Waals surface area contributed by atoms with Crippen molar-refractivity contribution in [2.75, 3.05) is 0 Å². The summed E-state index contributed by atoms with van der Waals surface area (Å²) in [5.74, 6) is -0.374. The molecule has 0 bridgehead atoms. The van der Waals surface area contributed by atoms with E-state index in [1.54, 1.807) is 6.07 Å². The van der Waals surface area contributed by atoms with Crippen LogP contribution in [0.5, 0.6) is 0 Å². The number of nitrogens with zero attached hydrogens (tertiary/aromatic N) is 1. The average molecular weight is 340 g/mol. The van der Waals surface area contributed by atoms with E-state index in [1.807, 2.05) is 48.7 Å². The van der Waals surface area contributed by atoms with Crippen molar-refractivity contribution in [2.24, 2.45) is 0 Å². The van der Waals surface area contributed by atoms with Gasteiger partial charge in [-0.3, -0.25) is 4.79 Å². The zero-order valence-electron chi connectivity index (χ0n) is 13.2. The van der Waals surface area contributed by atoms with Crippen LogP contribution < -0.4 is 5.32 Å². The van der Waals surface area contributed by atoms with E-state index in [9.17, 15) is 9.18 Å². The Morgan fingerprint density at radius 3 is 2.75 bits per heavy atom. The van der Waals surface area contributed by atoms with Crippen molar-refractivity contribution in [1.29, 1.82) is 0 Å². The van der Waals surface area contributed by atoms with Crippen LogP contribution in [0.2, 0.25) is 0 Å². The van der Waals surface area contributed by atoms with Crippen LogP contribution >= 0.6 is 11.3 Å². The third-order valence-electron chi connectivity index (χ3n) is 3.64. The van der Waals surface area contributed by atoms with Gasteiger partial charge in [-0.15, -0.1) is 11.3 Å². The van der Waals surface area contributed by atoms with Gasteiger partial charge >= 0.3 is 0 Å². The molecule has 1 unspecified atom stereocenters. The quantitative estimate of drug-likeness (QED) is 0.749. The van der Waals surface area contributed by atoms with Gasteiger partial charge in [0.05, 0.1) is 18.2 Å². The summed E-state index contributed by atoms with van der Waals surface area (Å²) in [6.07, 6.45) is 0.211. The summed E-state index contributed by atoms with van der Waals surface area (Å²) in [5.41, 5.74) is 2.48. The normalized spacial score (nSPS) is 11.9. The third kappa shape index (κ3) is 4.06. The number of aromatic nitrogens is 1. The molecule has 1 atom stereocenters. The largest absolute Gasteiger partial charge is 0.349 e. The Kier molecular flexibility index (Phi) is 5.01. The van der Waals surface area contributed by atoms with E-state index in [-0.39, 0.29) is 24.2 Å². The predicted molar refractivity (Wildman–Crippen MR) is 94.2 cm³/mol. The molecule has 5 heteroatoms. The minimum absolute atomic E-state index is 0.0555. The molecule has 0 spiro atoms. The molecule has 3 nitrogen and oxygen atoms in total. The molecule has 122 valence electrons. The fourth-order valence-electron chi connectivity index (χ4n) is 2.42. The lowest BCUT2D eigenvalue weighted by Gasteiger charge is -2.13. The summed E-state index contributed by atoms with van der Waals surface area (Å²) in [4.78, 5) is 16.6. The van der Waals surface area contributed by atoms with Gasteiger partial charge in [0.2, 0.25) is 5.91 Å². The number of hydrogen-bond donors (Lipinski definition) is 1. The van der Waals surface area contributed by atoms with E-state index >= 15 is 0 Å². The second-order valence-corrected chi connectivity index (χ2v) is 6.39. The average Bonchev–Trinajstić information content (AvgIpc) is 3.04. The SMILES string of the molecule is CC(NC(=O)Cc1csc(-c2cccc(F)c2)n1)c1ccccc1. The highest BCUT2D eigenvalue weighted by Crippen LogP contribution is 2.24. The predicted octanol–water partition coefficient (Wildman–Crippen LogP) is 4.37. The van der Waals surface area contributed by atoms with Crippen LogP contribution in [0.1, 0.15) is 24.2 Å². The van der Waals surface area contributed by atoms with Gasteiger partial charge in [0.15, 0.2) is 0 Å². The lowest BCUT2D eigenvalue weighted by Crippen LogP contribution is -2.28. The zero-order valence-corrected chi connectivity index (χ0v) is 14.0. The second kappa shape index (κ2) is 7.36. The standard InChI is InChI=1S/C19H17FN2OS/c1-13(14-6-3-2-4-7-14)21-18(23)11-17-12-24-19(22-17)15-8-5-9-16(20)10-15/h2-10,12-13H,11H2,1H3,(H,21,23). The van der Waals surface area contributed by atoms with Crippen molar-refractivity contribution in [3.05, 3.63) is 77.1 Å². The molecule has 1 N–H and O–H groups in total. The first-order valence-corrected chi connectivity index (χ1v) is 8.54. The number of carbonyl (C=O) groups excluding carboxylic acids is 1. The van der Waals surface area contributed by atoms with Gasteiger partial charge in [-0.25, -0.2) is 9.37 Å². The van der Waals surface area contributed by atoms with Crippen molar-refractivity contribution >= 4 is 17.2 Å². The number of amides is 1. The Morgan fingerprint density at radius 1 is 1.21 bits per heavy atom. The molecule has 24 heavy (non-hydrogen) atoms. The number of halogens is 1. The number of carbonyl (C=O) groups is 1. The highest BCUT2D eigenvalue weighted by molar-refractivity contribution is 7.13. The first-order chi connectivity index (χ1) is 11.6. The van der Waals surface area contributed by atoms with Gasteiger partial charge < -0.3 is 5.32 Å². The Morgan fingerprint density at radius 2 is 2.00 bits per heavy atom. The molecule has 0 aliphatic carbocycles. The maximum atomic E-state index is 13.3. The van der Waals surface area contributed by atoms with Gasteiger partial charge in [-0.05, 0) is 24.6 Å². The van der Waals surface area contributed by atoms with Gasteiger partial charge in [0.25, 0.3) is 0 Å². The smallest absolute Gasteiger partial charge is 0.226 e. The monoisotopic (exact) mass is 340 g/mol. The molecule has 0 saturated carbocycles. The van der Waals surface area contributed by atoms with Gasteiger partial charge in [0.1, 0.15) is 10.8 Å². The summed E-state index contributed by atoms with van der Waals surface area (Å²) in [7, 11) is 0. The molecule has 3 aromatic rings. The maximum absolute atomic E-state index is 13.3. The first-order valence-electron chi connectivity index (χ1n) is 7.66. The molecule has 0 aliphatic rings. The second-order valence-electron chi connectivity index (χ2n) is 5.53. The van der Waals surface area contributed by atoms with Crippen molar-refractivity contribution in [1.82, 2.24) is 10.3 Å². The molecule has 1 heterocycles. The van der Waals surface area contributed by atoms with E-state index in [2.05, 4.69) is 10.3 Å².